The first-order valence-corrected chi connectivity index (χ1v) is 5.71. The van der Waals surface area contributed by atoms with Crippen molar-refractivity contribution in [1.82, 2.24) is 5.32 Å². The molecule has 4 heteroatoms. The van der Waals surface area contributed by atoms with Crippen LogP contribution in [-0.2, 0) is 4.79 Å². The first-order valence-electron chi connectivity index (χ1n) is 5.71. The predicted molar refractivity (Wildman–Crippen MR) is 68.1 cm³/mol. The molecule has 0 radical (unpaired) electrons. The van der Waals surface area contributed by atoms with Crippen molar-refractivity contribution >= 4 is 5.91 Å². The average molecular weight is 236 g/mol. The molecule has 1 atom stereocenters. The molecule has 0 fully saturated rings. The zero-order valence-corrected chi connectivity index (χ0v) is 10.6. The highest BCUT2D eigenvalue weighted by Crippen LogP contribution is 2.16. The van der Waals surface area contributed by atoms with Gasteiger partial charge in [-0.25, -0.2) is 0 Å². The Hall–Kier alpha value is -1.55. The van der Waals surface area contributed by atoms with E-state index in [0.717, 1.165) is 5.75 Å². The number of benzene rings is 1. The Morgan fingerprint density at radius 1 is 1.41 bits per heavy atom. The Morgan fingerprint density at radius 2 is 2.12 bits per heavy atom. The van der Waals surface area contributed by atoms with Crippen molar-refractivity contribution < 1.29 is 9.53 Å². The van der Waals surface area contributed by atoms with Gasteiger partial charge in [-0.3, -0.25) is 4.79 Å². The van der Waals surface area contributed by atoms with Crippen LogP contribution in [-0.4, -0.2) is 25.6 Å². The van der Waals surface area contributed by atoms with Gasteiger partial charge in [-0.1, -0.05) is 6.07 Å². The number of rotatable bonds is 6. The predicted octanol–water partition coefficient (Wildman–Crippen LogP) is 1.15. The summed E-state index contributed by atoms with van der Waals surface area (Å²) in [5.74, 6) is 0.476. The van der Waals surface area contributed by atoms with E-state index in [9.17, 15) is 4.79 Å². The molecule has 0 saturated heterocycles. The highest BCUT2D eigenvalue weighted by molar-refractivity contribution is 5.79. The molecule has 0 saturated carbocycles. The molecule has 1 unspecified atom stereocenters. The van der Waals surface area contributed by atoms with Crippen LogP contribution < -0.4 is 15.8 Å². The molecule has 1 aromatic carbocycles. The molecule has 0 aliphatic rings. The first kappa shape index (κ1) is 13.5. The van der Waals surface area contributed by atoms with Crippen molar-refractivity contribution in [2.24, 2.45) is 5.73 Å². The molecule has 0 aromatic heterocycles. The molecule has 0 spiro atoms. The fourth-order valence-electron chi connectivity index (χ4n) is 1.53. The normalized spacial score (nSPS) is 12.2. The van der Waals surface area contributed by atoms with Gasteiger partial charge in [0.05, 0.1) is 12.6 Å². The Morgan fingerprint density at radius 3 is 2.65 bits per heavy atom. The molecule has 17 heavy (non-hydrogen) atoms. The minimum atomic E-state index is -0.351. The van der Waals surface area contributed by atoms with Gasteiger partial charge in [0.25, 0.3) is 0 Å². The third kappa shape index (κ3) is 4.07. The van der Waals surface area contributed by atoms with Crippen molar-refractivity contribution in [2.45, 2.75) is 26.3 Å². The second-order valence-electron chi connectivity index (χ2n) is 4.13. The number of hydrogen-bond acceptors (Lipinski definition) is 3. The van der Waals surface area contributed by atoms with Crippen LogP contribution >= 0.6 is 0 Å². The SMILES string of the molecule is CNC(CCOc1ccc(C)c(C)c1)C(N)=O. The number of carbonyl (C=O) groups is 1. The van der Waals surface area contributed by atoms with Crippen LogP contribution in [0, 0.1) is 13.8 Å². The number of nitrogens with one attached hydrogen (secondary N) is 1. The smallest absolute Gasteiger partial charge is 0.234 e. The van der Waals surface area contributed by atoms with Gasteiger partial charge in [0.15, 0.2) is 0 Å². The molecule has 0 aliphatic carbocycles. The molecule has 4 nitrogen and oxygen atoms in total. The summed E-state index contributed by atoms with van der Waals surface area (Å²) in [4.78, 5) is 11.0. The zero-order chi connectivity index (χ0) is 12.8. The third-order valence-electron chi connectivity index (χ3n) is 2.85. The number of hydrogen-bond donors (Lipinski definition) is 2. The van der Waals surface area contributed by atoms with Crippen molar-refractivity contribution in [2.75, 3.05) is 13.7 Å². The van der Waals surface area contributed by atoms with Crippen molar-refractivity contribution in [3.05, 3.63) is 29.3 Å². The van der Waals surface area contributed by atoms with E-state index in [0.29, 0.717) is 13.0 Å². The van der Waals surface area contributed by atoms with Gasteiger partial charge in [-0.2, -0.15) is 0 Å². The second-order valence-corrected chi connectivity index (χ2v) is 4.13. The highest BCUT2D eigenvalue weighted by atomic mass is 16.5. The molecular formula is C13H20N2O2. The van der Waals surface area contributed by atoms with Gasteiger partial charge in [-0.15, -0.1) is 0 Å². The summed E-state index contributed by atoms with van der Waals surface area (Å²) in [7, 11) is 1.71. The van der Waals surface area contributed by atoms with Crippen molar-refractivity contribution in [3.8, 4) is 5.75 Å². The Bertz CT molecular complexity index is 391. The van der Waals surface area contributed by atoms with Gasteiger partial charge in [0.1, 0.15) is 5.75 Å². The fourth-order valence-corrected chi connectivity index (χ4v) is 1.53. The van der Waals surface area contributed by atoms with Crippen LogP contribution in [0.1, 0.15) is 17.5 Å². The monoisotopic (exact) mass is 236 g/mol. The molecular weight excluding hydrogens is 216 g/mol. The number of carbonyl (C=O) groups excluding carboxylic acids is 1. The summed E-state index contributed by atoms with van der Waals surface area (Å²) in [6.45, 7) is 4.57. The van der Waals surface area contributed by atoms with Crippen LogP contribution in [0.3, 0.4) is 0 Å². The topological polar surface area (TPSA) is 64.3 Å². The van der Waals surface area contributed by atoms with Gasteiger partial charge in [0.2, 0.25) is 5.91 Å². The Balaban J connectivity index is 2.45. The maximum absolute atomic E-state index is 11.0. The van der Waals surface area contributed by atoms with E-state index in [1.54, 1.807) is 7.05 Å². The van der Waals surface area contributed by atoms with Crippen LogP contribution in [0.15, 0.2) is 18.2 Å². The quantitative estimate of drug-likeness (QED) is 0.778. The highest BCUT2D eigenvalue weighted by Gasteiger charge is 2.12. The number of nitrogens with two attached hydrogens (primary N) is 1. The van der Waals surface area contributed by atoms with Gasteiger partial charge < -0.3 is 15.8 Å². The lowest BCUT2D eigenvalue weighted by molar-refractivity contribution is -0.120. The lowest BCUT2D eigenvalue weighted by atomic mass is 10.1. The summed E-state index contributed by atoms with van der Waals surface area (Å²) in [5.41, 5.74) is 7.65. The minimum absolute atomic E-state index is 0.332. The summed E-state index contributed by atoms with van der Waals surface area (Å²) < 4.78 is 5.58. The maximum Gasteiger partial charge on any atom is 0.234 e. The third-order valence-corrected chi connectivity index (χ3v) is 2.85. The molecule has 0 aliphatic heterocycles. The van der Waals surface area contributed by atoms with Gasteiger partial charge in [-0.05, 0) is 44.2 Å². The molecule has 1 aromatic rings. The standard InChI is InChI=1S/C13H20N2O2/c1-9-4-5-11(8-10(9)2)17-7-6-12(15-3)13(14)16/h4-5,8,12,15H,6-7H2,1-3H3,(H2,14,16). The van der Waals surface area contributed by atoms with E-state index < -0.39 is 0 Å². The largest absolute Gasteiger partial charge is 0.494 e. The molecule has 3 N–H and O–H groups in total. The minimum Gasteiger partial charge on any atom is -0.494 e. The number of amides is 1. The first-order chi connectivity index (χ1) is 8.04. The van der Waals surface area contributed by atoms with E-state index in [1.165, 1.54) is 11.1 Å². The summed E-state index contributed by atoms with van der Waals surface area (Å²) in [5, 5.41) is 2.85. The lowest BCUT2D eigenvalue weighted by Crippen LogP contribution is -2.40. The van der Waals surface area contributed by atoms with Gasteiger partial charge in [0, 0.05) is 6.42 Å². The van der Waals surface area contributed by atoms with Crippen LogP contribution in [0.25, 0.3) is 0 Å². The van der Waals surface area contributed by atoms with Crippen LogP contribution in [0.4, 0.5) is 0 Å². The lowest BCUT2D eigenvalue weighted by Gasteiger charge is -2.13. The fraction of sp³-hybridized carbons (Fsp3) is 0.462. The summed E-state index contributed by atoms with van der Waals surface area (Å²) in [6.07, 6.45) is 0.568. The Kier molecular flexibility index (Phi) is 4.97. The molecule has 0 heterocycles. The van der Waals surface area contributed by atoms with E-state index >= 15 is 0 Å². The molecule has 1 amide bonds. The van der Waals surface area contributed by atoms with Gasteiger partial charge >= 0.3 is 0 Å². The number of primary amides is 1. The van der Waals surface area contributed by atoms with Crippen molar-refractivity contribution in [3.63, 3.8) is 0 Å². The molecule has 0 bridgehead atoms. The summed E-state index contributed by atoms with van der Waals surface area (Å²) in [6, 6.07) is 5.62. The average Bonchev–Trinajstić information content (AvgIpc) is 2.28. The number of likely N-dealkylation sites (N-methyl/N-ethyl adjacent to an activating group) is 1. The summed E-state index contributed by atoms with van der Waals surface area (Å²) >= 11 is 0. The van der Waals surface area contributed by atoms with E-state index in [4.69, 9.17) is 10.5 Å². The second kappa shape index (κ2) is 6.25. The van der Waals surface area contributed by atoms with Crippen LogP contribution in [0.5, 0.6) is 5.75 Å². The molecule has 94 valence electrons. The number of ether oxygens (including phenoxy) is 1. The molecule has 1 rings (SSSR count). The van der Waals surface area contributed by atoms with E-state index in [1.807, 2.05) is 25.1 Å². The van der Waals surface area contributed by atoms with Crippen LogP contribution in [0.2, 0.25) is 0 Å². The zero-order valence-electron chi connectivity index (χ0n) is 10.6. The Labute approximate surface area is 102 Å². The van der Waals surface area contributed by atoms with E-state index in [-0.39, 0.29) is 11.9 Å². The number of aryl methyl sites for hydroxylation is 2. The van der Waals surface area contributed by atoms with Crippen molar-refractivity contribution in [1.29, 1.82) is 0 Å². The maximum atomic E-state index is 11.0. The van der Waals surface area contributed by atoms with E-state index in [2.05, 4.69) is 12.2 Å².